The second-order valence-electron chi connectivity index (χ2n) is 5.12. The van der Waals surface area contributed by atoms with Gasteiger partial charge in [0.2, 0.25) is 0 Å². The van der Waals surface area contributed by atoms with Crippen LogP contribution in [0.25, 0.3) is 0 Å². The van der Waals surface area contributed by atoms with Gasteiger partial charge >= 0.3 is 5.97 Å². The van der Waals surface area contributed by atoms with Crippen molar-refractivity contribution in [2.24, 2.45) is 0 Å². The van der Waals surface area contributed by atoms with Gasteiger partial charge in [0.05, 0.1) is 5.69 Å². The number of hydrogen-bond donors (Lipinski definition) is 1. The molecule has 0 aromatic carbocycles. The minimum absolute atomic E-state index is 0.395. The third-order valence-electron chi connectivity index (χ3n) is 3.97. The Bertz CT molecular complexity index is 452. The minimum atomic E-state index is -0.723. The maximum Gasteiger partial charge on any atom is 0.326 e. The molecule has 1 aromatic rings. The summed E-state index contributed by atoms with van der Waals surface area (Å²) < 4.78 is 1.91. The number of carbonyl (C=O) groups is 1. The second kappa shape index (κ2) is 4.96. The number of imidazole rings is 1. The predicted molar refractivity (Wildman–Crippen MR) is 71.1 cm³/mol. The average molecular weight is 266 g/mol. The molecule has 0 aliphatic carbocycles. The molecular formula is C13H18N2O2S. The van der Waals surface area contributed by atoms with Gasteiger partial charge in [-0.25, -0.2) is 9.78 Å². The summed E-state index contributed by atoms with van der Waals surface area (Å²) in [5.74, 6) is 3.20. The van der Waals surface area contributed by atoms with Crippen LogP contribution in [0.3, 0.4) is 0 Å². The average Bonchev–Trinajstić information content (AvgIpc) is 2.83. The fraction of sp³-hybridized carbons (Fsp3) is 0.692. The molecule has 1 aromatic heterocycles. The standard InChI is InChI=1S/C13H18N2O2S/c16-13(17)11-2-1-3-12-14-10(8-15(11)12)9-4-6-18-7-5-9/h8-9,11H,1-7H2,(H,16,17). The van der Waals surface area contributed by atoms with E-state index in [-0.39, 0.29) is 0 Å². The molecule has 3 rings (SSSR count). The van der Waals surface area contributed by atoms with Gasteiger partial charge in [-0.05, 0) is 37.2 Å². The molecule has 1 unspecified atom stereocenters. The van der Waals surface area contributed by atoms with Gasteiger partial charge in [0.25, 0.3) is 0 Å². The number of carboxylic acids is 1. The molecule has 0 spiro atoms. The number of rotatable bonds is 2. The van der Waals surface area contributed by atoms with Crippen molar-refractivity contribution >= 4 is 17.7 Å². The predicted octanol–water partition coefficient (Wildman–Crippen LogP) is 2.46. The maximum absolute atomic E-state index is 11.3. The molecule has 1 fully saturated rings. The third-order valence-corrected chi connectivity index (χ3v) is 5.01. The Balaban J connectivity index is 1.88. The minimum Gasteiger partial charge on any atom is -0.480 e. The topological polar surface area (TPSA) is 55.1 Å². The number of carboxylic acid groups (broad SMARTS) is 1. The Hall–Kier alpha value is -0.970. The highest BCUT2D eigenvalue weighted by Gasteiger charge is 2.28. The molecule has 4 nitrogen and oxygen atoms in total. The molecule has 1 saturated heterocycles. The van der Waals surface area contributed by atoms with Crippen LogP contribution < -0.4 is 0 Å². The van der Waals surface area contributed by atoms with E-state index in [4.69, 9.17) is 4.98 Å². The van der Waals surface area contributed by atoms with Crippen molar-refractivity contribution in [2.45, 2.75) is 44.1 Å². The first kappa shape index (κ1) is 12.1. The molecule has 0 bridgehead atoms. The van der Waals surface area contributed by atoms with E-state index >= 15 is 0 Å². The van der Waals surface area contributed by atoms with Crippen LogP contribution in [0.2, 0.25) is 0 Å². The molecule has 0 saturated carbocycles. The molecular weight excluding hydrogens is 248 g/mol. The van der Waals surface area contributed by atoms with E-state index < -0.39 is 12.0 Å². The van der Waals surface area contributed by atoms with Crippen LogP contribution in [0.1, 0.15) is 49.2 Å². The number of thioether (sulfide) groups is 1. The zero-order valence-corrected chi connectivity index (χ0v) is 11.2. The summed E-state index contributed by atoms with van der Waals surface area (Å²) in [5.41, 5.74) is 1.12. The smallest absolute Gasteiger partial charge is 0.326 e. The number of hydrogen-bond acceptors (Lipinski definition) is 3. The van der Waals surface area contributed by atoms with Gasteiger partial charge in [0.1, 0.15) is 11.9 Å². The van der Waals surface area contributed by atoms with Gasteiger partial charge < -0.3 is 9.67 Å². The van der Waals surface area contributed by atoms with Gasteiger partial charge in [-0.15, -0.1) is 0 Å². The highest BCUT2D eigenvalue weighted by atomic mass is 32.2. The van der Waals surface area contributed by atoms with Crippen LogP contribution >= 0.6 is 11.8 Å². The van der Waals surface area contributed by atoms with Crippen LogP contribution in [0.4, 0.5) is 0 Å². The molecule has 2 aliphatic heterocycles. The summed E-state index contributed by atoms with van der Waals surface area (Å²) in [5, 5.41) is 9.25. The van der Waals surface area contributed by atoms with E-state index in [1.54, 1.807) is 0 Å². The van der Waals surface area contributed by atoms with E-state index in [0.717, 1.165) is 30.8 Å². The number of aryl methyl sites for hydroxylation is 1. The Labute approximate surface area is 111 Å². The van der Waals surface area contributed by atoms with Gasteiger partial charge in [0.15, 0.2) is 0 Å². The fourth-order valence-electron chi connectivity index (χ4n) is 2.93. The lowest BCUT2D eigenvalue weighted by Crippen LogP contribution is -2.24. The summed E-state index contributed by atoms with van der Waals surface area (Å²) in [6.45, 7) is 0. The van der Waals surface area contributed by atoms with Crippen LogP contribution in [0.15, 0.2) is 6.20 Å². The van der Waals surface area contributed by atoms with Gasteiger partial charge in [-0.2, -0.15) is 11.8 Å². The first-order valence-corrected chi connectivity index (χ1v) is 7.79. The number of nitrogens with zero attached hydrogens (tertiary/aromatic N) is 2. The van der Waals surface area contributed by atoms with Crippen LogP contribution in [-0.4, -0.2) is 32.1 Å². The third kappa shape index (κ3) is 2.16. The Morgan fingerprint density at radius 1 is 1.39 bits per heavy atom. The number of aromatic nitrogens is 2. The highest BCUT2D eigenvalue weighted by molar-refractivity contribution is 7.99. The molecule has 98 valence electrons. The lowest BCUT2D eigenvalue weighted by molar-refractivity contribution is -0.141. The maximum atomic E-state index is 11.3. The van der Waals surface area contributed by atoms with Gasteiger partial charge in [-0.3, -0.25) is 0 Å². The summed E-state index contributed by atoms with van der Waals surface area (Å²) in [7, 11) is 0. The first-order valence-electron chi connectivity index (χ1n) is 6.64. The SMILES string of the molecule is O=C(O)C1CCCc2nc(C3CCSCC3)cn21. The van der Waals surface area contributed by atoms with E-state index in [2.05, 4.69) is 0 Å². The Kier molecular flexibility index (Phi) is 3.33. The number of aliphatic carboxylic acids is 1. The zero-order valence-electron chi connectivity index (χ0n) is 10.3. The molecule has 1 atom stereocenters. The van der Waals surface area contributed by atoms with Crippen molar-refractivity contribution < 1.29 is 9.90 Å². The van der Waals surface area contributed by atoms with Crippen molar-refractivity contribution in [2.75, 3.05) is 11.5 Å². The van der Waals surface area contributed by atoms with Crippen molar-refractivity contribution in [1.29, 1.82) is 0 Å². The molecule has 0 radical (unpaired) electrons. The lowest BCUT2D eigenvalue weighted by Gasteiger charge is -2.21. The quantitative estimate of drug-likeness (QED) is 0.893. The first-order chi connectivity index (χ1) is 8.75. The Morgan fingerprint density at radius 2 is 2.17 bits per heavy atom. The largest absolute Gasteiger partial charge is 0.480 e. The molecule has 1 N–H and O–H groups in total. The Morgan fingerprint density at radius 3 is 2.89 bits per heavy atom. The van der Waals surface area contributed by atoms with E-state index in [1.165, 1.54) is 24.3 Å². The van der Waals surface area contributed by atoms with Crippen molar-refractivity contribution in [3.05, 3.63) is 17.7 Å². The van der Waals surface area contributed by atoms with Gasteiger partial charge in [0, 0.05) is 18.5 Å². The second-order valence-corrected chi connectivity index (χ2v) is 6.35. The fourth-order valence-corrected chi connectivity index (χ4v) is 4.04. The van der Waals surface area contributed by atoms with Crippen LogP contribution in [-0.2, 0) is 11.2 Å². The van der Waals surface area contributed by atoms with Crippen LogP contribution in [0, 0.1) is 0 Å². The van der Waals surface area contributed by atoms with E-state index in [1.807, 2.05) is 22.5 Å². The highest BCUT2D eigenvalue weighted by Crippen LogP contribution is 2.33. The van der Waals surface area contributed by atoms with E-state index in [0.29, 0.717) is 5.92 Å². The summed E-state index contributed by atoms with van der Waals surface area (Å²) >= 11 is 2.00. The molecule has 0 amide bonds. The molecule has 18 heavy (non-hydrogen) atoms. The van der Waals surface area contributed by atoms with Crippen molar-refractivity contribution in [3.8, 4) is 0 Å². The zero-order chi connectivity index (χ0) is 12.5. The van der Waals surface area contributed by atoms with Gasteiger partial charge in [-0.1, -0.05) is 0 Å². The molecule has 2 aliphatic rings. The molecule has 3 heterocycles. The summed E-state index contributed by atoms with van der Waals surface area (Å²) in [6, 6.07) is -0.395. The molecule has 5 heteroatoms. The van der Waals surface area contributed by atoms with Crippen molar-refractivity contribution in [3.63, 3.8) is 0 Å². The lowest BCUT2D eigenvalue weighted by atomic mass is 10.00. The summed E-state index contributed by atoms with van der Waals surface area (Å²) in [6.07, 6.45) is 6.96. The van der Waals surface area contributed by atoms with Crippen molar-refractivity contribution in [1.82, 2.24) is 9.55 Å². The summed E-state index contributed by atoms with van der Waals surface area (Å²) in [4.78, 5) is 15.9. The van der Waals surface area contributed by atoms with E-state index in [9.17, 15) is 9.90 Å². The normalized spacial score (nSPS) is 24.8. The number of fused-ring (bicyclic) bond motifs is 1. The van der Waals surface area contributed by atoms with Crippen LogP contribution in [0.5, 0.6) is 0 Å². The monoisotopic (exact) mass is 266 g/mol.